The first-order valence-electron chi connectivity index (χ1n) is 10.6. The molecule has 34 heavy (non-hydrogen) atoms. The SMILES string of the molecule is CCOc1cc(COc2ccc(Br)cc2/C=C2/SC(=S)NC2=O)ccc1OCc1ccccc1. The first kappa shape index (κ1) is 24.3. The van der Waals surface area contributed by atoms with Gasteiger partial charge in [0.2, 0.25) is 0 Å². The van der Waals surface area contributed by atoms with Gasteiger partial charge in [-0.05, 0) is 54.5 Å². The second kappa shape index (κ2) is 11.6. The van der Waals surface area contributed by atoms with E-state index in [4.69, 9.17) is 26.4 Å². The van der Waals surface area contributed by atoms with Crippen molar-refractivity contribution in [1.82, 2.24) is 5.32 Å². The van der Waals surface area contributed by atoms with Gasteiger partial charge in [0.25, 0.3) is 5.91 Å². The van der Waals surface area contributed by atoms with E-state index in [2.05, 4.69) is 21.2 Å². The summed E-state index contributed by atoms with van der Waals surface area (Å²) >= 11 is 9.81. The van der Waals surface area contributed by atoms with Gasteiger partial charge >= 0.3 is 0 Å². The molecule has 0 saturated carbocycles. The Kier molecular flexibility index (Phi) is 8.26. The van der Waals surface area contributed by atoms with Crippen molar-refractivity contribution in [3.63, 3.8) is 0 Å². The van der Waals surface area contributed by atoms with E-state index in [1.54, 1.807) is 6.08 Å². The molecule has 4 rings (SSSR count). The van der Waals surface area contributed by atoms with Crippen molar-refractivity contribution in [2.24, 2.45) is 0 Å². The van der Waals surface area contributed by atoms with Gasteiger partial charge in [-0.1, -0.05) is 76.3 Å². The fourth-order valence-corrected chi connectivity index (χ4v) is 4.67. The highest BCUT2D eigenvalue weighted by molar-refractivity contribution is 9.10. The summed E-state index contributed by atoms with van der Waals surface area (Å²) in [5.41, 5.74) is 2.81. The lowest BCUT2D eigenvalue weighted by atomic mass is 10.1. The molecule has 0 atom stereocenters. The predicted molar refractivity (Wildman–Crippen MR) is 143 cm³/mol. The van der Waals surface area contributed by atoms with Crippen molar-refractivity contribution in [3.8, 4) is 17.2 Å². The fourth-order valence-electron chi connectivity index (χ4n) is 3.25. The summed E-state index contributed by atoms with van der Waals surface area (Å²) < 4.78 is 19.3. The maximum absolute atomic E-state index is 12.1. The average Bonchev–Trinajstić information content (AvgIpc) is 3.15. The van der Waals surface area contributed by atoms with E-state index < -0.39 is 0 Å². The molecule has 0 aliphatic carbocycles. The van der Waals surface area contributed by atoms with Crippen molar-refractivity contribution in [2.75, 3.05) is 6.61 Å². The molecule has 1 amide bonds. The Balaban J connectivity index is 1.49. The summed E-state index contributed by atoms with van der Waals surface area (Å²) in [4.78, 5) is 12.6. The van der Waals surface area contributed by atoms with Crippen LogP contribution < -0.4 is 19.5 Å². The third-order valence-corrected chi connectivity index (χ3v) is 6.50. The molecule has 1 aliphatic heterocycles. The van der Waals surface area contributed by atoms with Gasteiger partial charge < -0.3 is 19.5 Å². The molecule has 1 aliphatic rings. The van der Waals surface area contributed by atoms with Crippen LogP contribution in [-0.4, -0.2) is 16.8 Å². The largest absolute Gasteiger partial charge is 0.490 e. The van der Waals surface area contributed by atoms with Crippen molar-refractivity contribution >= 4 is 56.2 Å². The van der Waals surface area contributed by atoms with Gasteiger partial charge in [-0.15, -0.1) is 0 Å². The van der Waals surface area contributed by atoms with Crippen LogP contribution in [-0.2, 0) is 18.0 Å². The minimum atomic E-state index is -0.201. The lowest BCUT2D eigenvalue weighted by Crippen LogP contribution is -2.17. The highest BCUT2D eigenvalue weighted by Gasteiger charge is 2.22. The lowest BCUT2D eigenvalue weighted by molar-refractivity contribution is -0.115. The summed E-state index contributed by atoms with van der Waals surface area (Å²) in [5.74, 6) is 1.81. The highest BCUT2D eigenvalue weighted by atomic mass is 79.9. The number of thioether (sulfide) groups is 1. The summed E-state index contributed by atoms with van der Waals surface area (Å²) in [5, 5.41) is 2.63. The molecule has 3 aromatic rings. The smallest absolute Gasteiger partial charge is 0.263 e. The van der Waals surface area contributed by atoms with Crippen LogP contribution in [0.5, 0.6) is 17.2 Å². The molecule has 3 aromatic carbocycles. The molecule has 0 unspecified atom stereocenters. The van der Waals surface area contributed by atoms with Crippen LogP contribution in [0.3, 0.4) is 0 Å². The number of carbonyl (C=O) groups excluding carboxylic acids is 1. The Morgan fingerprint density at radius 3 is 2.38 bits per heavy atom. The molecule has 1 saturated heterocycles. The van der Waals surface area contributed by atoms with Crippen LogP contribution in [0.15, 0.2) is 76.1 Å². The maximum atomic E-state index is 12.1. The van der Waals surface area contributed by atoms with E-state index in [0.717, 1.165) is 21.2 Å². The first-order valence-corrected chi connectivity index (χ1v) is 12.6. The molecule has 1 heterocycles. The monoisotopic (exact) mass is 555 g/mol. The zero-order chi connectivity index (χ0) is 23.9. The molecule has 0 aromatic heterocycles. The minimum absolute atomic E-state index is 0.201. The Hall–Kier alpha value is -2.81. The summed E-state index contributed by atoms with van der Waals surface area (Å²) in [6, 6.07) is 21.5. The van der Waals surface area contributed by atoms with Gasteiger partial charge in [0.05, 0.1) is 11.5 Å². The van der Waals surface area contributed by atoms with Crippen molar-refractivity contribution in [1.29, 1.82) is 0 Å². The highest BCUT2D eigenvalue weighted by Crippen LogP contribution is 2.33. The average molecular weight is 557 g/mol. The summed E-state index contributed by atoms with van der Waals surface area (Å²) in [6.07, 6.45) is 1.78. The van der Waals surface area contributed by atoms with Crippen LogP contribution in [0.4, 0.5) is 0 Å². The molecule has 5 nitrogen and oxygen atoms in total. The van der Waals surface area contributed by atoms with E-state index in [0.29, 0.717) is 46.3 Å². The molecule has 1 fully saturated rings. The Bertz CT molecular complexity index is 1230. The van der Waals surface area contributed by atoms with Gasteiger partial charge in [0, 0.05) is 10.0 Å². The van der Waals surface area contributed by atoms with Crippen LogP contribution in [0.25, 0.3) is 6.08 Å². The van der Waals surface area contributed by atoms with Gasteiger partial charge in [-0.2, -0.15) is 0 Å². The number of thiocarbonyl (C=S) groups is 1. The standard InChI is InChI=1S/C26H22BrNO4S2/c1-2-30-23-12-18(8-10-22(23)32-15-17-6-4-3-5-7-17)16-31-21-11-9-20(27)13-19(21)14-24-25(29)28-26(33)34-24/h3-14H,2,15-16H2,1H3,(H,28,29,33)/b24-14+. The van der Waals surface area contributed by atoms with Crippen LogP contribution in [0.1, 0.15) is 23.6 Å². The molecular formula is C26H22BrNO4S2. The normalized spacial score (nSPS) is 14.2. The Morgan fingerprint density at radius 2 is 1.65 bits per heavy atom. The molecule has 8 heteroatoms. The van der Waals surface area contributed by atoms with Gasteiger partial charge in [0.15, 0.2) is 11.5 Å². The summed E-state index contributed by atoms with van der Waals surface area (Å²) in [7, 11) is 0. The second-order valence-corrected chi connectivity index (χ2v) is 9.95. The van der Waals surface area contributed by atoms with Crippen LogP contribution in [0, 0.1) is 0 Å². The zero-order valence-electron chi connectivity index (χ0n) is 18.4. The van der Waals surface area contributed by atoms with Gasteiger partial charge in [-0.25, -0.2) is 0 Å². The van der Waals surface area contributed by atoms with Crippen LogP contribution >= 0.6 is 39.9 Å². The number of hydrogen-bond donors (Lipinski definition) is 1. The van der Waals surface area contributed by atoms with Crippen molar-refractivity contribution in [2.45, 2.75) is 20.1 Å². The van der Waals surface area contributed by atoms with Crippen molar-refractivity contribution < 1.29 is 19.0 Å². The molecule has 0 spiro atoms. The number of halogens is 1. The van der Waals surface area contributed by atoms with E-state index in [9.17, 15) is 4.79 Å². The predicted octanol–water partition coefficient (Wildman–Crippen LogP) is 6.49. The van der Waals surface area contributed by atoms with E-state index in [1.807, 2.05) is 73.7 Å². The number of rotatable bonds is 9. The number of amides is 1. The minimum Gasteiger partial charge on any atom is -0.490 e. The number of ether oxygens (including phenoxy) is 3. The molecular weight excluding hydrogens is 534 g/mol. The summed E-state index contributed by atoms with van der Waals surface area (Å²) in [6.45, 7) is 3.25. The Labute approximate surface area is 216 Å². The zero-order valence-corrected chi connectivity index (χ0v) is 21.6. The number of hydrogen-bond acceptors (Lipinski definition) is 6. The number of nitrogens with one attached hydrogen (secondary N) is 1. The first-order chi connectivity index (χ1) is 16.5. The number of carbonyl (C=O) groups is 1. The third kappa shape index (κ3) is 6.40. The molecule has 174 valence electrons. The van der Waals surface area contributed by atoms with Crippen LogP contribution in [0.2, 0.25) is 0 Å². The molecule has 1 N–H and O–H groups in total. The van der Waals surface area contributed by atoms with Crippen molar-refractivity contribution in [3.05, 3.63) is 92.8 Å². The Morgan fingerprint density at radius 1 is 0.912 bits per heavy atom. The maximum Gasteiger partial charge on any atom is 0.263 e. The topological polar surface area (TPSA) is 56.8 Å². The van der Waals surface area contributed by atoms with E-state index in [-0.39, 0.29) is 5.91 Å². The fraction of sp³-hybridized carbons (Fsp3) is 0.154. The second-order valence-electron chi connectivity index (χ2n) is 7.31. The van der Waals surface area contributed by atoms with E-state index >= 15 is 0 Å². The third-order valence-electron chi connectivity index (χ3n) is 4.84. The molecule has 0 radical (unpaired) electrons. The number of benzene rings is 3. The van der Waals surface area contributed by atoms with Gasteiger partial charge in [-0.3, -0.25) is 4.79 Å². The van der Waals surface area contributed by atoms with E-state index in [1.165, 1.54) is 11.8 Å². The lowest BCUT2D eigenvalue weighted by Gasteiger charge is -2.15. The molecule has 0 bridgehead atoms. The quantitative estimate of drug-likeness (QED) is 0.240. The van der Waals surface area contributed by atoms with Gasteiger partial charge in [0.1, 0.15) is 23.3 Å².